The first-order valence-electron chi connectivity index (χ1n) is 9.14. The lowest BCUT2D eigenvalue weighted by molar-refractivity contribution is -0.116. The highest BCUT2D eigenvalue weighted by atomic mass is 16.5. The zero-order chi connectivity index (χ0) is 20.5. The molecular weight excluding hydrogens is 354 g/mol. The average molecular weight is 381 g/mol. The van der Waals surface area contributed by atoms with Gasteiger partial charge in [0.25, 0.3) is 0 Å². The smallest absolute Gasteiger partial charge is 0.319 e. The first-order valence-corrected chi connectivity index (χ1v) is 9.14. The Morgan fingerprint density at radius 3 is 2.46 bits per heavy atom. The molecule has 0 spiro atoms. The van der Waals surface area contributed by atoms with Gasteiger partial charge in [-0.05, 0) is 56.7 Å². The number of hydrogen-bond acceptors (Lipinski definition) is 3. The van der Waals surface area contributed by atoms with Crippen LogP contribution in [0.4, 0.5) is 10.5 Å². The average Bonchev–Trinajstić information content (AvgIpc) is 2.65. The van der Waals surface area contributed by atoms with E-state index in [1.54, 1.807) is 25.3 Å². The number of anilines is 1. The molecule has 28 heavy (non-hydrogen) atoms. The summed E-state index contributed by atoms with van der Waals surface area (Å²) in [5, 5.41) is 8.36. The van der Waals surface area contributed by atoms with Gasteiger partial charge < -0.3 is 20.7 Å². The van der Waals surface area contributed by atoms with Gasteiger partial charge >= 0.3 is 6.03 Å². The van der Waals surface area contributed by atoms with E-state index in [1.807, 2.05) is 51.1 Å². The fraction of sp³-hybridized carbons (Fsp3) is 0.273. The molecule has 0 aliphatic rings. The van der Waals surface area contributed by atoms with Gasteiger partial charge in [0.2, 0.25) is 5.91 Å². The Kier molecular flexibility index (Phi) is 7.63. The molecule has 6 heteroatoms. The number of ether oxygens (including phenoxy) is 1. The van der Waals surface area contributed by atoms with Gasteiger partial charge in [0, 0.05) is 29.9 Å². The highest BCUT2D eigenvalue weighted by Crippen LogP contribution is 2.20. The summed E-state index contributed by atoms with van der Waals surface area (Å²) in [7, 11) is 1.60. The first kappa shape index (κ1) is 21.0. The number of urea groups is 1. The third kappa shape index (κ3) is 6.79. The molecule has 2 aromatic rings. The monoisotopic (exact) mass is 381 g/mol. The largest absolute Gasteiger partial charge is 0.496 e. The Bertz CT molecular complexity index is 843. The topological polar surface area (TPSA) is 79.5 Å². The molecule has 0 heterocycles. The second-order valence-electron chi connectivity index (χ2n) is 6.75. The molecule has 0 fully saturated rings. The lowest BCUT2D eigenvalue weighted by atomic mass is 10.1. The quantitative estimate of drug-likeness (QED) is 0.637. The zero-order valence-corrected chi connectivity index (χ0v) is 16.7. The van der Waals surface area contributed by atoms with Crippen LogP contribution in [-0.2, 0) is 11.3 Å². The molecule has 3 amide bonds. The van der Waals surface area contributed by atoms with Crippen LogP contribution in [0.2, 0.25) is 0 Å². The summed E-state index contributed by atoms with van der Waals surface area (Å²) in [6.45, 7) is 6.18. The molecule has 0 atom stereocenters. The molecule has 0 aliphatic carbocycles. The third-order valence-electron chi connectivity index (χ3n) is 3.90. The molecule has 0 unspecified atom stereocenters. The first-order chi connectivity index (χ1) is 13.4. The predicted octanol–water partition coefficient (Wildman–Crippen LogP) is 3.86. The normalized spacial score (nSPS) is 10.8. The third-order valence-corrected chi connectivity index (χ3v) is 3.90. The fourth-order valence-corrected chi connectivity index (χ4v) is 2.53. The number of carbonyl (C=O) groups excluding carboxylic acids is 2. The minimum Gasteiger partial charge on any atom is -0.496 e. The van der Waals surface area contributed by atoms with Gasteiger partial charge in [-0.3, -0.25) is 4.79 Å². The van der Waals surface area contributed by atoms with E-state index in [0.717, 1.165) is 22.4 Å². The van der Waals surface area contributed by atoms with E-state index in [2.05, 4.69) is 16.0 Å². The van der Waals surface area contributed by atoms with E-state index in [-0.39, 0.29) is 18.0 Å². The molecule has 148 valence electrons. The van der Waals surface area contributed by atoms with E-state index in [4.69, 9.17) is 4.74 Å². The Hall–Kier alpha value is -3.28. The second kappa shape index (κ2) is 10.2. The van der Waals surface area contributed by atoms with Gasteiger partial charge in [0.1, 0.15) is 5.75 Å². The van der Waals surface area contributed by atoms with Crippen LogP contribution in [0.5, 0.6) is 5.75 Å². The molecule has 2 aromatic carbocycles. The molecule has 0 saturated heterocycles. The number of methoxy groups -OCH3 is 1. The van der Waals surface area contributed by atoms with Gasteiger partial charge in [-0.2, -0.15) is 0 Å². The van der Waals surface area contributed by atoms with E-state index in [1.165, 1.54) is 6.08 Å². The highest BCUT2D eigenvalue weighted by molar-refractivity contribution is 5.92. The van der Waals surface area contributed by atoms with E-state index < -0.39 is 0 Å². The van der Waals surface area contributed by atoms with Crippen LogP contribution in [0.15, 0.2) is 48.5 Å². The number of benzene rings is 2. The summed E-state index contributed by atoms with van der Waals surface area (Å²) < 4.78 is 5.30. The molecule has 0 aromatic heterocycles. The van der Waals surface area contributed by atoms with Crippen LogP contribution in [-0.4, -0.2) is 25.1 Å². The summed E-state index contributed by atoms with van der Waals surface area (Å²) in [5.74, 6) is 0.529. The maximum atomic E-state index is 12.1. The minimum absolute atomic E-state index is 0.0716. The summed E-state index contributed by atoms with van der Waals surface area (Å²) in [4.78, 5) is 23.8. The standard InChI is InChI=1S/C22H27N3O3/c1-15(2)24-22(27)25-19-9-6-17(7-10-19)14-23-21(26)12-8-18-13-16(3)5-11-20(18)28-4/h5-13,15H,14H2,1-4H3,(H,23,26)(H2,24,25,27). The highest BCUT2D eigenvalue weighted by Gasteiger charge is 2.04. The van der Waals surface area contributed by atoms with Crippen molar-refractivity contribution in [3.8, 4) is 5.75 Å². The van der Waals surface area contributed by atoms with Crippen molar-refractivity contribution in [1.82, 2.24) is 10.6 Å². The number of rotatable bonds is 7. The molecule has 0 saturated carbocycles. The van der Waals surface area contributed by atoms with Crippen molar-refractivity contribution >= 4 is 23.7 Å². The fourth-order valence-electron chi connectivity index (χ4n) is 2.53. The van der Waals surface area contributed by atoms with Crippen molar-refractivity contribution in [2.24, 2.45) is 0 Å². The molecule has 0 aliphatic heterocycles. The lowest BCUT2D eigenvalue weighted by Gasteiger charge is -2.10. The molecular formula is C22H27N3O3. The summed E-state index contributed by atoms with van der Waals surface area (Å²) in [6, 6.07) is 12.9. The molecule has 0 radical (unpaired) electrons. The van der Waals surface area contributed by atoms with Crippen LogP contribution < -0.4 is 20.7 Å². The van der Waals surface area contributed by atoms with E-state index >= 15 is 0 Å². The van der Waals surface area contributed by atoms with Crippen LogP contribution in [0, 0.1) is 6.92 Å². The lowest BCUT2D eigenvalue weighted by Crippen LogP contribution is -2.34. The zero-order valence-electron chi connectivity index (χ0n) is 16.7. The van der Waals surface area contributed by atoms with Crippen molar-refractivity contribution in [3.05, 3.63) is 65.2 Å². The van der Waals surface area contributed by atoms with Gasteiger partial charge in [0.15, 0.2) is 0 Å². The van der Waals surface area contributed by atoms with Gasteiger partial charge in [-0.1, -0.05) is 23.8 Å². The van der Waals surface area contributed by atoms with Crippen LogP contribution in [0.25, 0.3) is 6.08 Å². The molecule has 0 bridgehead atoms. The van der Waals surface area contributed by atoms with Crippen LogP contribution >= 0.6 is 0 Å². The number of hydrogen-bond donors (Lipinski definition) is 3. The maximum Gasteiger partial charge on any atom is 0.319 e. The van der Waals surface area contributed by atoms with Crippen LogP contribution in [0.1, 0.15) is 30.5 Å². The predicted molar refractivity (Wildman–Crippen MR) is 112 cm³/mol. The number of carbonyl (C=O) groups is 2. The summed E-state index contributed by atoms with van der Waals surface area (Å²) >= 11 is 0. The van der Waals surface area contributed by atoms with Gasteiger partial charge in [-0.25, -0.2) is 4.79 Å². The van der Waals surface area contributed by atoms with Gasteiger partial charge in [-0.15, -0.1) is 0 Å². The second-order valence-corrected chi connectivity index (χ2v) is 6.75. The number of nitrogens with one attached hydrogen (secondary N) is 3. The number of amides is 3. The van der Waals surface area contributed by atoms with Crippen molar-refractivity contribution < 1.29 is 14.3 Å². The van der Waals surface area contributed by atoms with Crippen LogP contribution in [0.3, 0.4) is 0 Å². The van der Waals surface area contributed by atoms with Crippen molar-refractivity contribution in [3.63, 3.8) is 0 Å². The minimum atomic E-state index is -0.243. The Balaban J connectivity index is 1.87. The molecule has 6 nitrogen and oxygen atoms in total. The Morgan fingerprint density at radius 1 is 1.11 bits per heavy atom. The molecule has 2 rings (SSSR count). The van der Waals surface area contributed by atoms with Gasteiger partial charge in [0.05, 0.1) is 7.11 Å². The van der Waals surface area contributed by atoms with Crippen molar-refractivity contribution in [2.75, 3.05) is 12.4 Å². The van der Waals surface area contributed by atoms with E-state index in [0.29, 0.717) is 12.2 Å². The van der Waals surface area contributed by atoms with Crippen molar-refractivity contribution in [2.45, 2.75) is 33.4 Å². The van der Waals surface area contributed by atoms with E-state index in [9.17, 15) is 9.59 Å². The summed E-state index contributed by atoms with van der Waals surface area (Å²) in [6.07, 6.45) is 3.23. The van der Waals surface area contributed by atoms with Crippen molar-refractivity contribution in [1.29, 1.82) is 0 Å². The SMILES string of the molecule is COc1ccc(C)cc1C=CC(=O)NCc1ccc(NC(=O)NC(C)C)cc1. The Morgan fingerprint density at radius 2 is 1.82 bits per heavy atom. The Labute approximate surface area is 166 Å². The number of aryl methyl sites for hydroxylation is 1. The molecule has 3 N–H and O–H groups in total. The summed E-state index contributed by atoms with van der Waals surface area (Å²) in [5.41, 5.74) is 3.58. The maximum absolute atomic E-state index is 12.1.